The summed E-state index contributed by atoms with van der Waals surface area (Å²) in [6, 6.07) is 5.56. The number of imide groups is 1. The van der Waals surface area contributed by atoms with Gasteiger partial charge >= 0.3 is 29.6 Å². The standard InChI is InChI=1S/C16H18N2O6S3.Na/c19-11(6-8-25-26-14-3-1-2-7-17-14)4-5-12(20)10-18-15(21)9-13(16(18)22)27(23)24;/h1-3,7,13H,4-6,8-10H2,(H,23,24);/q;+1/p-1. The van der Waals surface area contributed by atoms with Gasteiger partial charge in [0.15, 0.2) is 5.78 Å². The van der Waals surface area contributed by atoms with Crippen LogP contribution in [0.5, 0.6) is 0 Å². The van der Waals surface area contributed by atoms with Crippen LogP contribution in [0.25, 0.3) is 0 Å². The first-order chi connectivity index (χ1) is 12.9. The van der Waals surface area contributed by atoms with E-state index in [1.165, 1.54) is 21.6 Å². The Hall–Kier alpha value is -0.560. The second-order valence-corrected chi connectivity index (χ2v) is 9.20. The van der Waals surface area contributed by atoms with E-state index in [1.807, 2.05) is 18.2 Å². The summed E-state index contributed by atoms with van der Waals surface area (Å²) in [5, 5.41) is -0.567. The monoisotopic (exact) mass is 452 g/mol. The van der Waals surface area contributed by atoms with Crippen LogP contribution in [0.15, 0.2) is 29.4 Å². The van der Waals surface area contributed by atoms with Crippen LogP contribution in [0, 0.1) is 0 Å². The second kappa shape index (κ2) is 12.9. The van der Waals surface area contributed by atoms with Crippen LogP contribution in [0.3, 0.4) is 0 Å². The van der Waals surface area contributed by atoms with E-state index in [4.69, 9.17) is 0 Å². The van der Waals surface area contributed by atoms with Crippen LogP contribution >= 0.6 is 21.6 Å². The molecule has 28 heavy (non-hydrogen) atoms. The van der Waals surface area contributed by atoms with Crippen molar-refractivity contribution in [3.05, 3.63) is 24.4 Å². The number of hydrogen-bond acceptors (Lipinski definition) is 9. The summed E-state index contributed by atoms with van der Waals surface area (Å²) in [7, 11) is 2.96. The molecule has 2 unspecified atom stereocenters. The Morgan fingerprint density at radius 3 is 2.54 bits per heavy atom. The molecule has 0 spiro atoms. The molecule has 146 valence electrons. The van der Waals surface area contributed by atoms with E-state index in [2.05, 4.69) is 4.98 Å². The van der Waals surface area contributed by atoms with E-state index in [0.717, 1.165) is 5.03 Å². The predicted molar refractivity (Wildman–Crippen MR) is 100 cm³/mol. The number of carbonyl (C=O) groups is 4. The Bertz CT molecular complexity index is 749. The van der Waals surface area contributed by atoms with Gasteiger partial charge in [-0.05, 0) is 34.0 Å². The first-order valence-electron chi connectivity index (χ1n) is 8.04. The topological polar surface area (TPSA) is 125 Å². The Morgan fingerprint density at radius 1 is 1.21 bits per heavy atom. The molecule has 1 aliphatic rings. The zero-order chi connectivity index (χ0) is 19.8. The third-order valence-electron chi connectivity index (χ3n) is 3.70. The van der Waals surface area contributed by atoms with Crippen LogP contribution in [-0.4, -0.2) is 59.6 Å². The van der Waals surface area contributed by atoms with Gasteiger partial charge in [-0.15, -0.1) is 0 Å². The number of rotatable bonds is 11. The maximum atomic E-state index is 11.9. The molecule has 0 aromatic carbocycles. The van der Waals surface area contributed by atoms with Crippen molar-refractivity contribution < 1.29 is 57.5 Å². The molecule has 0 radical (unpaired) electrons. The van der Waals surface area contributed by atoms with Gasteiger partial charge in [0.25, 0.3) is 0 Å². The number of aromatic nitrogens is 1. The zero-order valence-corrected chi connectivity index (χ0v) is 19.6. The van der Waals surface area contributed by atoms with Crippen LogP contribution in [0.4, 0.5) is 0 Å². The van der Waals surface area contributed by atoms with Crippen molar-refractivity contribution in [2.45, 2.75) is 36.0 Å². The number of carbonyl (C=O) groups excluding carboxylic acids is 4. The first kappa shape index (κ1) is 25.5. The van der Waals surface area contributed by atoms with Gasteiger partial charge < -0.3 is 4.55 Å². The quantitative estimate of drug-likeness (QED) is 0.125. The van der Waals surface area contributed by atoms with E-state index in [9.17, 15) is 27.9 Å². The Kier molecular flexibility index (Phi) is 11.7. The molecule has 0 bridgehead atoms. The molecule has 2 atom stereocenters. The SMILES string of the molecule is O=C(CCSSc1ccccn1)CCC(=O)CN1C(=O)CC(S(=O)[O-])C1=O.[Na+]. The largest absolute Gasteiger partial charge is 1.00 e. The molecule has 0 aliphatic carbocycles. The number of amides is 2. The Labute approximate surface area is 195 Å². The molecule has 12 heteroatoms. The van der Waals surface area contributed by atoms with Crippen molar-refractivity contribution in [2.75, 3.05) is 12.3 Å². The van der Waals surface area contributed by atoms with Gasteiger partial charge in [-0.3, -0.25) is 28.3 Å². The minimum absolute atomic E-state index is 0. The van der Waals surface area contributed by atoms with Crippen LogP contribution in [0.2, 0.25) is 0 Å². The number of pyridine rings is 1. The Balaban J connectivity index is 0.00000392. The molecule has 2 amide bonds. The van der Waals surface area contributed by atoms with Crippen LogP contribution in [-0.2, 0) is 30.3 Å². The zero-order valence-electron chi connectivity index (χ0n) is 15.2. The second-order valence-electron chi connectivity index (χ2n) is 5.67. The number of hydrogen-bond donors (Lipinski definition) is 0. The fourth-order valence-corrected chi connectivity index (χ4v) is 4.76. The van der Waals surface area contributed by atoms with Gasteiger partial charge in [-0.2, -0.15) is 0 Å². The van der Waals surface area contributed by atoms with Gasteiger partial charge in [-0.25, -0.2) is 4.98 Å². The minimum atomic E-state index is -2.69. The smallest absolute Gasteiger partial charge is 0.772 e. The van der Waals surface area contributed by atoms with Gasteiger partial charge in [-0.1, -0.05) is 16.9 Å². The molecule has 1 aliphatic heterocycles. The molecule has 0 N–H and O–H groups in total. The van der Waals surface area contributed by atoms with E-state index >= 15 is 0 Å². The molecule has 8 nitrogen and oxygen atoms in total. The summed E-state index contributed by atoms with van der Waals surface area (Å²) in [6.07, 6.45) is 1.50. The normalized spacial score (nSPS) is 17.3. The summed E-state index contributed by atoms with van der Waals surface area (Å²) in [5.41, 5.74) is 0. The van der Waals surface area contributed by atoms with Gasteiger partial charge in [0.05, 0.1) is 6.54 Å². The number of ketones is 2. The van der Waals surface area contributed by atoms with Crippen molar-refractivity contribution in [3.8, 4) is 0 Å². The van der Waals surface area contributed by atoms with Crippen molar-refractivity contribution in [3.63, 3.8) is 0 Å². The maximum Gasteiger partial charge on any atom is 1.00 e. The fourth-order valence-electron chi connectivity index (χ4n) is 2.28. The summed E-state index contributed by atoms with van der Waals surface area (Å²) >= 11 is -2.69. The molecule has 1 aromatic heterocycles. The van der Waals surface area contributed by atoms with Gasteiger partial charge in [0.1, 0.15) is 16.1 Å². The average Bonchev–Trinajstić information content (AvgIpc) is 2.93. The molecule has 0 saturated carbocycles. The van der Waals surface area contributed by atoms with E-state index in [-0.39, 0.29) is 48.2 Å². The Morgan fingerprint density at radius 2 is 1.93 bits per heavy atom. The minimum Gasteiger partial charge on any atom is -0.772 e. The van der Waals surface area contributed by atoms with Crippen LogP contribution < -0.4 is 29.6 Å². The van der Waals surface area contributed by atoms with Crippen molar-refractivity contribution >= 4 is 56.0 Å². The maximum absolute atomic E-state index is 11.9. The molecular formula is C16H17N2NaO6S3. The third-order valence-corrected chi connectivity index (χ3v) is 6.80. The summed E-state index contributed by atoms with van der Waals surface area (Å²) in [5.74, 6) is -1.52. The molecule has 1 aromatic rings. The van der Waals surface area contributed by atoms with E-state index in [0.29, 0.717) is 17.1 Å². The number of likely N-dealkylation sites (tertiary alicyclic amines) is 1. The van der Waals surface area contributed by atoms with Gasteiger partial charge in [0.2, 0.25) is 11.8 Å². The van der Waals surface area contributed by atoms with Crippen LogP contribution in [0.1, 0.15) is 25.7 Å². The van der Waals surface area contributed by atoms with Crippen molar-refractivity contribution in [1.29, 1.82) is 0 Å². The number of Topliss-reactive ketones (excluding diaryl/α,β-unsaturated/α-hetero) is 2. The predicted octanol–water partition coefficient (Wildman–Crippen LogP) is -1.86. The first-order valence-corrected chi connectivity index (χ1v) is 11.5. The molecular weight excluding hydrogens is 435 g/mol. The van der Waals surface area contributed by atoms with Crippen molar-refractivity contribution in [1.82, 2.24) is 9.88 Å². The molecule has 2 heterocycles. The van der Waals surface area contributed by atoms with Crippen molar-refractivity contribution in [2.24, 2.45) is 0 Å². The fraction of sp³-hybridized carbons (Fsp3) is 0.438. The summed E-state index contributed by atoms with van der Waals surface area (Å²) in [4.78, 5) is 52.0. The average molecular weight is 453 g/mol. The van der Waals surface area contributed by atoms with E-state index < -0.39 is 46.9 Å². The third kappa shape index (κ3) is 8.05. The van der Waals surface area contributed by atoms with E-state index in [1.54, 1.807) is 6.20 Å². The molecule has 2 rings (SSSR count). The van der Waals surface area contributed by atoms with Gasteiger partial charge in [0, 0.05) is 37.6 Å². The summed E-state index contributed by atoms with van der Waals surface area (Å²) < 4.78 is 21.8. The summed E-state index contributed by atoms with van der Waals surface area (Å²) in [6.45, 7) is -0.483. The molecule has 1 saturated heterocycles. The molecule has 1 fully saturated rings. The number of nitrogens with zero attached hydrogens (tertiary/aromatic N) is 2.